The second-order valence-corrected chi connectivity index (χ2v) is 27.5. The number of hydrogen-bond donors (Lipinski definition) is 3. The van der Waals surface area contributed by atoms with Gasteiger partial charge in [0.15, 0.2) is 0 Å². The topological polar surface area (TPSA) is 237 Å². The molecule has 9 unspecified atom stereocenters. The predicted molar refractivity (Wildman–Crippen MR) is 370 cm³/mol. The molecule has 21 heteroatoms. The van der Waals surface area contributed by atoms with Crippen molar-refractivity contribution in [3.8, 4) is 39.8 Å². The van der Waals surface area contributed by atoms with Crippen molar-refractivity contribution < 1.29 is 14.4 Å². The lowest BCUT2D eigenvalue weighted by molar-refractivity contribution is -0.133. The summed E-state index contributed by atoms with van der Waals surface area (Å²) in [6.45, 7) is 2.74. The second-order valence-electron chi connectivity index (χ2n) is 27.1. The third kappa shape index (κ3) is 12.5. The maximum absolute atomic E-state index is 13.2. The molecular formula is C76H74ClN17O3. The number of nitrogens with one attached hydrogen (secondary N) is 3. The molecule has 0 spiro atoms. The van der Waals surface area contributed by atoms with Crippen LogP contribution in [0.25, 0.3) is 66.9 Å². The maximum atomic E-state index is 13.2. The molecule has 0 aliphatic carbocycles. The molecule has 12 aromatic rings. The Hall–Kier alpha value is -10.5. The van der Waals surface area contributed by atoms with E-state index in [2.05, 4.69) is 131 Å². The number of aromatic amines is 3. The van der Waals surface area contributed by atoms with Gasteiger partial charge >= 0.3 is 0 Å². The SMILES string of the molecule is N#Cc1cccc(CC(=O)N2C3CCC2C(Cn2ccc4nc(-c5cn[nH]c5)ccc42)C3)c1.O=C(CCc1cccc(Cl)c1)N1C2CCC1C(Cn1ccc3nc(-c4cn[nH]c4)ccc31)C2.O=C(Cc1cccnc1)N1C2CCC1C(Cn1ccc3nc(-c4cn[nH]c4)ccc31)C2. The van der Waals surface area contributed by atoms with Crippen molar-refractivity contribution in [2.24, 2.45) is 17.8 Å². The van der Waals surface area contributed by atoms with Gasteiger partial charge in [0.2, 0.25) is 17.7 Å². The lowest BCUT2D eigenvalue weighted by Crippen LogP contribution is -2.38. The van der Waals surface area contributed by atoms with Gasteiger partial charge in [-0.25, -0.2) is 15.0 Å². The summed E-state index contributed by atoms with van der Waals surface area (Å²) in [6.07, 6.45) is 32.8. The van der Waals surface area contributed by atoms with Crippen LogP contribution in [0.5, 0.6) is 0 Å². The van der Waals surface area contributed by atoms with Crippen molar-refractivity contribution in [2.75, 3.05) is 0 Å². The summed E-state index contributed by atoms with van der Waals surface area (Å²) in [5.74, 6) is 2.13. The molecule has 16 heterocycles. The Morgan fingerprint density at radius 2 is 0.928 bits per heavy atom. The Balaban J connectivity index is 0.000000114. The third-order valence-electron chi connectivity index (χ3n) is 21.4. The molecule has 488 valence electrons. The molecule has 6 fully saturated rings. The van der Waals surface area contributed by atoms with Gasteiger partial charge in [0.25, 0.3) is 0 Å². The van der Waals surface area contributed by atoms with Gasteiger partial charge in [0, 0.05) is 134 Å². The molecule has 2 aromatic carbocycles. The van der Waals surface area contributed by atoms with Crippen molar-refractivity contribution in [2.45, 2.75) is 139 Å². The van der Waals surface area contributed by atoms with Crippen LogP contribution in [0.1, 0.15) is 86.5 Å². The van der Waals surface area contributed by atoms with E-state index in [0.29, 0.717) is 72.8 Å². The maximum Gasteiger partial charge on any atom is 0.227 e. The van der Waals surface area contributed by atoms with Crippen LogP contribution in [0.3, 0.4) is 0 Å². The van der Waals surface area contributed by atoms with E-state index in [1.807, 2.05) is 85.3 Å². The minimum atomic E-state index is 0.184. The first kappa shape index (κ1) is 61.4. The summed E-state index contributed by atoms with van der Waals surface area (Å²) in [6, 6.07) is 42.1. The second kappa shape index (κ2) is 26.6. The van der Waals surface area contributed by atoms with Crippen LogP contribution >= 0.6 is 11.6 Å². The minimum absolute atomic E-state index is 0.184. The van der Waals surface area contributed by atoms with Crippen LogP contribution in [0.4, 0.5) is 0 Å². The molecule has 10 aromatic heterocycles. The zero-order chi connectivity index (χ0) is 65.5. The average Bonchev–Trinajstić information content (AvgIpc) is 1.63. The van der Waals surface area contributed by atoms with E-state index in [9.17, 15) is 14.4 Å². The first-order valence-corrected chi connectivity index (χ1v) is 34.4. The molecule has 6 bridgehead atoms. The van der Waals surface area contributed by atoms with E-state index in [-0.39, 0.29) is 23.8 Å². The quantitative estimate of drug-likeness (QED) is 0.0822. The van der Waals surface area contributed by atoms with Crippen molar-refractivity contribution in [1.29, 1.82) is 5.26 Å². The number of hydrogen-bond acceptors (Lipinski definition) is 11. The van der Waals surface area contributed by atoms with Crippen LogP contribution in [0.15, 0.2) is 183 Å². The fraction of sp³-hybridized carbons (Fsp3) is 0.329. The molecule has 97 heavy (non-hydrogen) atoms. The van der Waals surface area contributed by atoms with Gasteiger partial charge in [-0.3, -0.25) is 34.7 Å². The molecule has 0 saturated carbocycles. The number of carbonyl (C=O) groups is 3. The van der Waals surface area contributed by atoms with Gasteiger partial charge < -0.3 is 28.4 Å². The van der Waals surface area contributed by atoms with E-state index < -0.39 is 0 Å². The third-order valence-corrected chi connectivity index (χ3v) is 21.6. The van der Waals surface area contributed by atoms with Crippen LogP contribution in [0, 0.1) is 29.1 Å². The standard InChI is InChI=1S/C26H26ClN5O.C26H24N6O.C24H24N6O/c27-20-3-1-2-17(12-20)4-9-26(33)32-21-5-7-24(32)18(13-21)16-31-11-10-23-25(31)8-6-22(30-23)19-14-28-29-15-19;27-13-18-3-1-2-17(10-18)11-26(33)32-21-4-6-24(32)19(12-21)16-31-9-8-23-25(31)7-5-22(30-23)20-14-28-29-15-20;31-24(10-16-2-1-8-25-12-16)30-19-3-5-22(30)17(11-19)15-29-9-7-21-23(29)6-4-20(28-21)18-13-26-27-14-18/h1-3,6,8,10-12,14-15,18,21,24H,4-5,7,9,13,16H2,(H,28,29);1-3,5,7-10,14-15,19,21,24H,4,6,11-12,16H2,(H,28,29);1-2,4,6-9,12-14,17,19,22H,3,5,10-11,15H2,(H,26,27). The Bertz CT molecular complexity index is 4840. The normalized spacial score (nSPS) is 21.9. The Morgan fingerprint density at radius 3 is 1.36 bits per heavy atom. The number of H-pyrrole nitrogens is 3. The summed E-state index contributed by atoms with van der Waals surface area (Å²) in [4.78, 5) is 64.5. The van der Waals surface area contributed by atoms with Gasteiger partial charge in [0.1, 0.15) is 0 Å². The van der Waals surface area contributed by atoms with E-state index >= 15 is 0 Å². The smallest absolute Gasteiger partial charge is 0.227 e. The molecule has 6 saturated heterocycles. The van der Waals surface area contributed by atoms with Crippen molar-refractivity contribution in [1.82, 2.24) is 78.9 Å². The van der Waals surface area contributed by atoms with Crippen LogP contribution in [0.2, 0.25) is 5.02 Å². The number of pyridine rings is 4. The number of nitriles is 1. The zero-order valence-corrected chi connectivity index (χ0v) is 54.4. The summed E-state index contributed by atoms with van der Waals surface area (Å²) in [5, 5.41) is 30.4. The first-order valence-electron chi connectivity index (χ1n) is 34.0. The zero-order valence-electron chi connectivity index (χ0n) is 53.7. The number of fused-ring (bicyclic) bond motifs is 9. The number of carbonyl (C=O) groups excluding carboxylic acids is 3. The first-order chi connectivity index (χ1) is 47.6. The van der Waals surface area contributed by atoms with E-state index in [1.54, 1.807) is 37.1 Å². The highest BCUT2D eigenvalue weighted by atomic mass is 35.5. The number of aromatic nitrogens is 13. The fourth-order valence-electron chi connectivity index (χ4n) is 17.1. The van der Waals surface area contributed by atoms with Gasteiger partial charge in [-0.05, 0) is 184 Å². The molecule has 20 nitrogen and oxygen atoms in total. The molecule has 3 N–H and O–H groups in total. The molecule has 3 amide bonds. The van der Waals surface area contributed by atoms with Gasteiger partial charge in [0.05, 0.1) is 93.2 Å². The van der Waals surface area contributed by atoms with E-state index in [4.69, 9.17) is 31.8 Å². The number of rotatable bonds is 16. The minimum Gasteiger partial charge on any atom is -0.346 e. The van der Waals surface area contributed by atoms with Crippen molar-refractivity contribution in [3.05, 3.63) is 211 Å². The monoisotopic (exact) mass is 1310 g/mol. The Labute approximate surface area is 565 Å². The Kier molecular flexibility index (Phi) is 16.8. The summed E-state index contributed by atoms with van der Waals surface area (Å²) < 4.78 is 6.89. The summed E-state index contributed by atoms with van der Waals surface area (Å²) >= 11 is 6.10. The van der Waals surface area contributed by atoms with E-state index in [0.717, 1.165) is 172 Å². The average molecular weight is 1310 g/mol. The molecule has 18 rings (SSSR count). The molecule has 0 radical (unpaired) electrons. The summed E-state index contributed by atoms with van der Waals surface area (Å²) in [5.41, 5.74) is 15.7. The number of amides is 3. The summed E-state index contributed by atoms with van der Waals surface area (Å²) in [7, 11) is 0. The number of nitrogens with zero attached hydrogens (tertiary/aromatic N) is 14. The lowest BCUT2D eigenvalue weighted by atomic mass is 9.89. The lowest BCUT2D eigenvalue weighted by Gasteiger charge is -2.25. The van der Waals surface area contributed by atoms with E-state index in [1.165, 1.54) is 0 Å². The van der Waals surface area contributed by atoms with Gasteiger partial charge in [-0.15, -0.1) is 0 Å². The highest BCUT2D eigenvalue weighted by Gasteiger charge is 2.50. The van der Waals surface area contributed by atoms with Crippen LogP contribution in [-0.2, 0) is 53.3 Å². The highest BCUT2D eigenvalue weighted by Crippen LogP contribution is 2.46. The number of halogens is 1. The van der Waals surface area contributed by atoms with Crippen LogP contribution in [-0.4, -0.2) is 133 Å². The molecule has 9 atom stereocenters. The van der Waals surface area contributed by atoms with Gasteiger partial charge in [-0.2, -0.15) is 20.6 Å². The van der Waals surface area contributed by atoms with Gasteiger partial charge in [-0.1, -0.05) is 41.9 Å². The highest BCUT2D eigenvalue weighted by molar-refractivity contribution is 6.30. The van der Waals surface area contributed by atoms with Crippen molar-refractivity contribution >= 4 is 62.4 Å². The van der Waals surface area contributed by atoms with Crippen LogP contribution < -0.4 is 0 Å². The number of aryl methyl sites for hydroxylation is 1. The van der Waals surface area contributed by atoms with Crippen molar-refractivity contribution in [3.63, 3.8) is 0 Å². The Morgan fingerprint density at radius 1 is 0.485 bits per heavy atom. The molecule has 6 aliphatic heterocycles. The molecular weight excluding hydrogens is 1230 g/mol. The predicted octanol–water partition coefficient (Wildman–Crippen LogP) is 12.5. The fourth-order valence-corrected chi connectivity index (χ4v) is 17.3. The molecule has 6 aliphatic rings. The largest absolute Gasteiger partial charge is 0.346 e. The number of benzene rings is 2.